The normalized spacial score (nSPS) is 21.1. The lowest BCUT2D eigenvalue weighted by Crippen LogP contribution is -2.51. The monoisotopic (exact) mass is 279 g/mol. The second-order valence-electron chi connectivity index (χ2n) is 5.71. The minimum absolute atomic E-state index is 0.125. The summed E-state index contributed by atoms with van der Waals surface area (Å²) in [6, 6.07) is 4.23. The van der Waals surface area contributed by atoms with Crippen molar-refractivity contribution in [3.63, 3.8) is 0 Å². The van der Waals surface area contributed by atoms with Gasteiger partial charge in [0.2, 0.25) is 5.91 Å². The molecule has 1 atom stereocenters. The van der Waals surface area contributed by atoms with E-state index in [1.165, 1.54) is 0 Å². The lowest BCUT2D eigenvalue weighted by molar-refractivity contribution is -0.122. The lowest BCUT2D eigenvalue weighted by Gasteiger charge is -2.37. The molecule has 1 aromatic rings. The lowest BCUT2D eigenvalue weighted by atomic mass is 10.1. The topological polar surface area (TPSA) is 48.7 Å². The third kappa shape index (κ3) is 4.35. The minimum Gasteiger partial charge on any atom is -0.466 e. The van der Waals surface area contributed by atoms with Crippen molar-refractivity contribution in [1.29, 1.82) is 0 Å². The Kier molecular flexibility index (Phi) is 5.20. The standard InChI is InChI=1S/C15H25N3O2/c1-12-4-5-14(20-12)6-7-16-15(19)10-13-11-17(2)8-9-18(13)3/h4-5,13H,6-11H2,1-3H3,(H,16,19). The van der Waals surface area contributed by atoms with Gasteiger partial charge in [0.1, 0.15) is 11.5 Å². The summed E-state index contributed by atoms with van der Waals surface area (Å²) in [5.74, 6) is 1.97. The van der Waals surface area contributed by atoms with Crippen molar-refractivity contribution in [3.05, 3.63) is 23.7 Å². The quantitative estimate of drug-likeness (QED) is 0.869. The van der Waals surface area contributed by atoms with E-state index in [0.717, 1.165) is 37.6 Å². The highest BCUT2D eigenvalue weighted by molar-refractivity contribution is 5.76. The first-order valence-electron chi connectivity index (χ1n) is 7.25. The van der Waals surface area contributed by atoms with Crippen molar-refractivity contribution < 1.29 is 9.21 Å². The second kappa shape index (κ2) is 6.90. The fraction of sp³-hybridized carbons (Fsp3) is 0.667. The molecule has 0 saturated carbocycles. The fourth-order valence-electron chi connectivity index (χ4n) is 2.55. The maximum atomic E-state index is 12.0. The van der Waals surface area contributed by atoms with Gasteiger partial charge in [-0.15, -0.1) is 0 Å². The molecular weight excluding hydrogens is 254 g/mol. The van der Waals surface area contributed by atoms with E-state index in [1.807, 2.05) is 19.1 Å². The van der Waals surface area contributed by atoms with Gasteiger partial charge in [-0.2, -0.15) is 0 Å². The summed E-state index contributed by atoms with van der Waals surface area (Å²) in [4.78, 5) is 16.5. The summed E-state index contributed by atoms with van der Waals surface area (Å²) in [5, 5.41) is 2.98. The van der Waals surface area contributed by atoms with E-state index in [9.17, 15) is 4.79 Å². The summed E-state index contributed by atoms with van der Waals surface area (Å²) in [7, 11) is 4.20. The van der Waals surface area contributed by atoms with Gasteiger partial charge in [0, 0.05) is 45.1 Å². The summed E-state index contributed by atoms with van der Waals surface area (Å²) in [6.07, 6.45) is 1.32. The van der Waals surface area contributed by atoms with E-state index >= 15 is 0 Å². The number of aryl methyl sites for hydroxylation is 1. The van der Waals surface area contributed by atoms with E-state index < -0.39 is 0 Å². The molecule has 2 rings (SSSR count). The first-order valence-corrected chi connectivity index (χ1v) is 7.25. The largest absolute Gasteiger partial charge is 0.466 e. The number of hydrogen-bond donors (Lipinski definition) is 1. The van der Waals surface area contributed by atoms with Crippen LogP contribution in [0.25, 0.3) is 0 Å². The first kappa shape index (κ1) is 15.1. The smallest absolute Gasteiger partial charge is 0.221 e. The molecule has 0 radical (unpaired) electrons. The van der Waals surface area contributed by atoms with Crippen molar-refractivity contribution in [1.82, 2.24) is 15.1 Å². The molecule has 5 heteroatoms. The molecule has 1 unspecified atom stereocenters. The van der Waals surface area contributed by atoms with Gasteiger partial charge in [-0.3, -0.25) is 4.79 Å². The van der Waals surface area contributed by atoms with Crippen LogP contribution in [0.3, 0.4) is 0 Å². The molecular formula is C15H25N3O2. The predicted octanol–water partition coefficient (Wildman–Crippen LogP) is 0.883. The maximum Gasteiger partial charge on any atom is 0.221 e. The molecule has 112 valence electrons. The number of likely N-dealkylation sites (N-methyl/N-ethyl adjacent to an activating group) is 2. The van der Waals surface area contributed by atoms with E-state index in [1.54, 1.807) is 0 Å². The van der Waals surface area contributed by atoms with E-state index in [4.69, 9.17) is 4.42 Å². The van der Waals surface area contributed by atoms with Crippen LogP contribution in [-0.4, -0.2) is 62.0 Å². The number of nitrogens with zero attached hydrogens (tertiary/aromatic N) is 2. The van der Waals surface area contributed by atoms with Gasteiger partial charge in [0.25, 0.3) is 0 Å². The summed E-state index contributed by atoms with van der Waals surface area (Å²) >= 11 is 0. The molecule has 1 saturated heterocycles. The number of amides is 1. The van der Waals surface area contributed by atoms with E-state index in [2.05, 4.69) is 29.2 Å². The second-order valence-corrected chi connectivity index (χ2v) is 5.71. The Hall–Kier alpha value is -1.33. The Morgan fingerprint density at radius 1 is 1.40 bits per heavy atom. The number of rotatable bonds is 5. The van der Waals surface area contributed by atoms with Gasteiger partial charge < -0.3 is 19.5 Å². The Morgan fingerprint density at radius 2 is 2.20 bits per heavy atom. The van der Waals surface area contributed by atoms with Crippen molar-refractivity contribution in [2.45, 2.75) is 25.8 Å². The average molecular weight is 279 g/mol. The highest BCUT2D eigenvalue weighted by atomic mass is 16.3. The predicted molar refractivity (Wildman–Crippen MR) is 78.7 cm³/mol. The zero-order chi connectivity index (χ0) is 14.5. The van der Waals surface area contributed by atoms with Crippen LogP contribution in [-0.2, 0) is 11.2 Å². The molecule has 1 amide bonds. The van der Waals surface area contributed by atoms with Crippen molar-refractivity contribution in [3.8, 4) is 0 Å². The zero-order valence-electron chi connectivity index (χ0n) is 12.7. The third-order valence-corrected chi connectivity index (χ3v) is 3.89. The van der Waals surface area contributed by atoms with Gasteiger partial charge in [0.05, 0.1) is 0 Å². The molecule has 5 nitrogen and oxygen atoms in total. The number of piperazine rings is 1. The Morgan fingerprint density at radius 3 is 2.90 bits per heavy atom. The van der Waals surface area contributed by atoms with Crippen LogP contribution in [0.5, 0.6) is 0 Å². The molecule has 1 aliphatic rings. The first-order chi connectivity index (χ1) is 9.54. The molecule has 2 heterocycles. The van der Waals surface area contributed by atoms with Crippen LogP contribution in [0.2, 0.25) is 0 Å². The van der Waals surface area contributed by atoms with Crippen LogP contribution >= 0.6 is 0 Å². The average Bonchev–Trinajstić information content (AvgIpc) is 2.80. The number of nitrogens with one attached hydrogen (secondary N) is 1. The Balaban J connectivity index is 1.69. The molecule has 1 fully saturated rings. The van der Waals surface area contributed by atoms with Crippen LogP contribution in [0.1, 0.15) is 17.9 Å². The zero-order valence-corrected chi connectivity index (χ0v) is 12.7. The Labute approximate surface area is 120 Å². The highest BCUT2D eigenvalue weighted by Gasteiger charge is 2.24. The molecule has 1 aliphatic heterocycles. The molecule has 0 bridgehead atoms. The maximum absolute atomic E-state index is 12.0. The van der Waals surface area contributed by atoms with Crippen molar-refractivity contribution in [2.24, 2.45) is 0 Å². The molecule has 1 aromatic heterocycles. The number of furan rings is 1. The van der Waals surface area contributed by atoms with E-state index in [-0.39, 0.29) is 5.91 Å². The third-order valence-electron chi connectivity index (χ3n) is 3.89. The molecule has 0 aliphatic carbocycles. The number of hydrogen-bond acceptors (Lipinski definition) is 4. The summed E-state index contributed by atoms with van der Waals surface area (Å²) in [5.41, 5.74) is 0. The SMILES string of the molecule is Cc1ccc(CCNC(=O)CC2CN(C)CCN2C)o1. The highest BCUT2D eigenvalue weighted by Crippen LogP contribution is 2.09. The van der Waals surface area contributed by atoms with Gasteiger partial charge in [0.15, 0.2) is 0 Å². The van der Waals surface area contributed by atoms with Crippen LogP contribution in [0, 0.1) is 6.92 Å². The summed E-state index contributed by atoms with van der Waals surface area (Å²) in [6.45, 7) is 5.63. The van der Waals surface area contributed by atoms with Gasteiger partial charge in [-0.25, -0.2) is 0 Å². The molecule has 0 aromatic carbocycles. The molecule has 1 N–H and O–H groups in total. The Bertz CT molecular complexity index is 444. The van der Waals surface area contributed by atoms with Crippen molar-refractivity contribution in [2.75, 3.05) is 40.3 Å². The van der Waals surface area contributed by atoms with Crippen LogP contribution in [0.15, 0.2) is 16.5 Å². The van der Waals surface area contributed by atoms with Crippen molar-refractivity contribution >= 4 is 5.91 Å². The number of carbonyl (C=O) groups excluding carboxylic acids is 1. The van der Waals surface area contributed by atoms with Gasteiger partial charge in [-0.1, -0.05) is 0 Å². The minimum atomic E-state index is 0.125. The van der Waals surface area contributed by atoms with Gasteiger partial charge >= 0.3 is 0 Å². The van der Waals surface area contributed by atoms with Gasteiger partial charge in [-0.05, 0) is 33.2 Å². The molecule has 20 heavy (non-hydrogen) atoms. The fourth-order valence-corrected chi connectivity index (χ4v) is 2.55. The summed E-state index contributed by atoms with van der Waals surface area (Å²) < 4.78 is 5.48. The van der Waals surface area contributed by atoms with Crippen LogP contribution in [0.4, 0.5) is 0 Å². The molecule has 0 spiro atoms. The van der Waals surface area contributed by atoms with Crippen LogP contribution < -0.4 is 5.32 Å². The van der Waals surface area contributed by atoms with E-state index in [0.29, 0.717) is 19.0 Å². The number of carbonyl (C=O) groups is 1.